The van der Waals surface area contributed by atoms with Crippen molar-refractivity contribution in [3.8, 4) is 0 Å². The number of amides is 1. The van der Waals surface area contributed by atoms with Crippen molar-refractivity contribution >= 4 is 22.6 Å². The molecule has 2 fully saturated rings. The van der Waals surface area contributed by atoms with E-state index in [0.717, 1.165) is 37.7 Å². The molecule has 1 saturated carbocycles. The van der Waals surface area contributed by atoms with Crippen LogP contribution < -0.4 is 11.0 Å². The van der Waals surface area contributed by atoms with E-state index in [4.69, 9.17) is 10.4 Å². The molecular weight excluding hydrogens is 414 g/mol. The molecule has 0 aromatic carbocycles. The van der Waals surface area contributed by atoms with Crippen LogP contribution in [-0.2, 0) is 0 Å². The minimum absolute atomic E-state index is 0.0825. The molecule has 3 aromatic heterocycles. The summed E-state index contributed by atoms with van der Waals surface area (Å²) in [6.45, 7) is 7.67. The minimum atomic E-state index is -0.183. The van der Waals surface area contributed by atoms with Gasteiger partial charge in [0.1, 0.15) is 16.8 Å². The number of carbonyl (C=O) groups excluding carboxylic acids is 1. The van der Waals surface area contributed by atoms with Gasteiger partial charge in [0.05, 0.1) is 10.9 Å². The van der Waals surface area contributed by atoms with E-state index >= 15 is 0 Å². The highest BCUT2D eigenvalue weighted by Crippen LogP contribution is 2.30. The highest BCUT2D eigenvalue weighted by Gasteiger charge is 2.29. The van der Waals surface area contributed by atoms with Crippen LogP contribution >= 0.6 is 0 Å². The standard InChI is InChI=1S/C26H33N5O2/c1-16-12-17(2)15-29(14-16)25(32)20-13-21-24(31(22(20)27)19-9-5-4-6-10-19)28-23-18(3)8-7-11-30(23)26(21)33/h7-8,11,13,16-17,19,27H,4-6,9-10,12,14-15H2,1-3H3. The van der Waals surface area contributed by atoms with Crippen LogP contribution in [0.4, 0.5) is 0 Å². The number of likely N-dealkylation sites (tertiary alicyclic amines) is 1. The topological polar surface area (TPSA) is 83.5 Å². The average Bonchev–Trinajstić information content (AvgIpc) is 2.79. The smallest absolute Gasteiger partial charge is 0.267 e. The monoisotopic (exact) mass is 447 g/mol. The zero-order chi connectivity index (χ0) is 23.3. The number of rotatable bonds is 2. The highest BCUT2D eigenvalue weighted by molar-refractivity contribution is 5.97. The van der Waals surface area contributed by atoms with Crippen LogP contribution in [0.3, 0.4) is 0 Å². The molecule has 5 rings (SSSR count). The molecule has 7 heteroatoms. The summed E-state index contributed by atoms with van der Waals surface area (Å²) in [7, 11) is 0. The summed E-state index contributed by atoms with van der Waals surface area (Å²) in [6.07, 6.45) is 8.07. The Kier molecular flexibility index (Phi) is 5.59. The normalized spacial score (nSPS) is 22.2. The Morgan fingerprint density at radius 1 is 1.09 bits per heavy atom. The van der Waals surface area contributed by atoms with Gasteiger partial charge in [0.25, 0.3) is 11.5 Å². The van der Waals surface area contributed by atoms with Gasteiger partial charge in [-0.05, 0) is 55.7 Å². The van der Waals surface area contributed by atoms with E-state index in [1.807, 2.05) is 28.5 Å². The fourth-order valence-corrected chi connectivity index (χ4v) is 5.92. The summed E-state index contributed by atoms with van der Waals surface area (Å²) < 4.78 is 3.46. The van der Waals surface area contributed by atoms with E-state index in [2.05, 4.69) is 13.8 Å². The molecule has 33 heavy (non-hydrogen) atoms. The average molecular weight is 448 g/mol. The van der Waals surface area contributed by atoms with E-state index in [1.165, 1.54) is 6.42 Å². The Bertz CT molecular complexity index is 1340. The fraction of sp³-hybridized carbons (Fsp3) is 0.538. The lowest BCUT2D eigenvalue weighted by molar-refractivity contribution is 0.0620. The molecule has 0 radical (unpaired) electrons. The van der Waals surface area contributed by atoms with Crippen LogP contribution in [0.15, 0.2) is 29.2 Å². The number of piperidine rings is 1. The van der Waals surface area contributed by atoms with Crippen LogP contribution in [0.2, 0.25) is 0 Å². The molecule has 3 aromatic rings. The summed E-state index contributed by atoms with van der Waals surface area (Å²) >= 11 is 0. The Balaban J connectivity index is 1.77. The van der Waals surface area contributed by atoms with E-state index in [9.17, 15) is 9.59 Å². The first kappa shape index (κ1) is 21.9. The van der Waals surface area contributed by atoms with Gasteiger partial charge in [-0.2, -0.15) is 0 Å². The molecule has 2 atom stereocenters. The maximum Gasteiger partial charge on any atom is 0.267 e. The quantitative estimate of drug-likeness (QED) is 0.601. The van der Waals surface area contributed by atoms with Gasteiger partial charge in [-0.25, -0.2) is 4.98 Å². The minimum Gasteiger partial charge on any atom is -0.338 e. The van der Waals surface area contributed by atoms with Gasteiger partial charge in [-0.3, -0.25) is 19.4 Å². The van der Waals surface area contributed by atoms with E-state index < -0.39 is 0 Å². The first-order valence-corrected chi connectivity index (χ1v) is 12.3. The second-order valence-electron chi connectivity index (χ2n) is 10.3. The van der Waals surface area contributed by atoms with Crippen molar-refractivity contribution in [2.24, 2.45) is 11.8 Å². The zero-order valence-corrected chi connectivity index (χ0v) is 19.8. The van der Waals surface area contributed by atoms with Gasteiger partial charge in [-0.1, -0.05) is 39.2 Å². The Morgan fingerprint density at radius 2 is 1.79 bits per heavy atom. The molecule has 174 valence electrons. The van der Waals surface area contributed by atoms with Gasteiger partial charge in [0, 0.05) is 25.3 Å². The van der Waals surface area contributed by atoms with Gasteiger partial charge in [0.2, 0.25) is 0 Å². The van der Waals surface area contributed by atoms with Crippen molar-refractivity contribution in [1.82, 2.24) is 18.9 Å². The summed E-state index contributed by atoms with van der Waals surface area (Å²) in [5, 5.41) is 9.53. The molecule has 1 aliphatic heterocycles. The van der Waals surface area contributed by atoms with Crippen molar-refractivity contribution in [2.45, 2.75) is 65.3 Å². The van der Waals surface area contributed by atoms with Crippen LogP contribution in [0.5, 0.6) is 0 Å². The number of pyridine rings is 2. The van der Waals surface area contributed by atoms with Crippen LogP contribution in [0, 0.1) is 24.2 Å². The number of carbonyl (C=O) groups is 1. The first-order chi connectivity index (χ1) is 15.8. The summed E-state index contributed by atoms with van der Waals surface area (Å²) in [5.74, 6) is 0.715. The Labute approximate surface area is 193 Å². The van der Waals surface area contributed by atoms with Crippen molar-refractivity contribution in [3.05, 3.63) is 51.4 Å². The van der Waals surface area contributed by atoms with E-state index in [-0.39, 0.29) is 23.0 Å². The molecule has 4 heterocycles. The molecule has 0 spiro atoms. The zero-order valence-electron chi connectivity index (χ0n) is 19.8. The lowest BCUT2D eigenvalue weighted by Crippen LogP contribution is -2.45. The third-order valence-corrected chi connectivity index (χ3v) is 7.40. The predicted octanol–water partition coefficient (Wildman–Crippen LogP) is 4.06. The van der Waals surface area contributed by atoms with Crippen molar-refractivity contribution < 1.29 is 4.79 Å². The number of hydrogen-bond acceptors (Lipinski definition) is 4. The highest BCUT2D eigenvalue weighted by atomic mass is 16.2. The number of nitrogens with zero attached hydrogens (tertiary/aromatic N) is 4. The molecule has 1 saturated heterocycles. The lowest BCUT2D eigenvalue weighted by atomic mass is 9.91. The van der Waals surface area contributed by atoms with E-state index in [0.29, 0.717) is 47.2 Å². The van der Waals surface area contributed by atoms with Crippen molar-refractivity contribution in [3.63, 3.8) is 0 Å². The Morgan fingerprint density at radius 3 is 2.48 bits per heavy atom. The van der Waals surface area contributed by atoms with Gasteiger partial charge in [-0.15, -0.1) is 0 Å². The molecular formula is C26H33N5O2. The third kappa shape index (κ3) is 3.77. The fourth-order valence-electron chi connectivity index (χ4n) is 5.92. The van der Waals surface area contributed by atoms with Crippen LogP contribution in [0.1, 0.15) is 74.3 Å². The second-order valence-corrected chi connectivity index (χ2v) is 10.3. The molecule has 0 bridgehead atoms. The van der Waals surface area contributed by atoms with Gasteiger partial charge >= 0.3 is 0 Å². The van der Waals surface area contributed by atoms with Crippen molar-refractivity contribution in [2.75, 3.05) is 13.1 Å². The molecule has 1 N–H and O–H groups in total. The van der Waals surface area contributed by atoms with Crippen LogP contribution in [0.25, 0.3) is 16.7 Å². The molecule has 2 aliphatic rings. The lowest BCUT2D eigenvalue weighted by Gasteiger charge is -2.35. The predicted molar refractivity (Wildman–Crippen MR) is 129 cm³/mol. The number of aryl methyl sites for hydroxylation is 1. The van der Waals surface area contributed by atoms with Crippen LogP contribution in [-0.4, -0.2) is 37.8 Å². The third-order valence-electron chi connectivity index (χ3n) is 7.40. The Hall–Kier alpha value is -2.96. The number of aromatic nitrogens is 3. The summed E-state index contributed by atoms with van der Waals surface area (Å²) in [5.41, 5.74) is 2.38. The summed E-state index contributed by atoms with van der Waals surface area (Å²) in [6, 6.07) is 5.50. The van der Waals surface area contributed by atoms with Gasteiger partial charge in [0.15, 0.2) is 0 Å². The first-order valence-electron chi connectivity index (χ1n) is 12.3. The maximum atomic E-state index is 13.7. The maximum absolute atomic E-state index is 13.7. The number of nitrogens with one attached hydrogen (secondary N) is 1. The number of hydrogen-bond donors (Lipinski definition) is 1. The summed E-state index contributed by atoms with van der Waals surface area (Å²) in [4.78, 5) is 34.0. The SMILES string of the molecule is Cc1cccn2c(=O)c3cc(C(=O)N4CC(C)CC(C)C4)c(=N)n(C4CCCCC4)c3nc12. The second kappa shape index (κ2) is 8.43. The molecule has 2 unspecified atom stereocenters. The molecule has 1 aliphatic carbocycles. The number of fused-ring (bicyclic) bond motifs is 2. The molecule has 7 nitrogen and oxygen atoms in total. The molecule has 1 amide bonds. The van der Waals surface area contributed by atoms with E-state index in [1.54, 1.807) is 16.7 Å². The largest absolute Gasteiger partial charge is 0.338 e. The van der Waals surface area contributed by atoms with Crippen molar-refractivity contribution in [1.29, 1.82) is 5.41 Å². The van der Waals surface area contributed by atoms with Gasteiger partial charge < -0.3 is 9.47 Å².